The molecule has 4 nitrogen and oxygen atoms in total. The molecule has 1 aliphatic rings. The molecule has 1 atom stereocenters. The summed E-state index contributed by atoms with van der Waals surface area (Å²) in [5, 5.41) is 0. The van der Waals surface area contributed by atoms with Crippen LogP contribution in [0.15, 0.2) is 30.5 Å². The molecular formula is C17H16F2N2O2. The second kappa shape index (κ2) is 5.95. The molecule has 6 heteroatoms. The molecule has 0 spiro atoms. The van der Waals surface area contributed by atoms with Crippen LogP contribution >= 0.6 is 0 Å². The van der Waals surface area contributed by atoms with Gasteiger partial charge < -0.3 is 9.64 Å². The molecular weight excluding hydrogens is 302 g/mol. The highest BCUT2D eigenvalue weighted by Gasteiger charge is 2.31. The van der Waals surface area contributed by atoms with Crippen molar-refractivity contribution < 1.29 is 18.3 Å². The third kappa shape index (κ3) is 2.76. The van der Waals surface area contributed by atoms with Gasteiger partial charge in [-0.25, -0.2) is 13.8 Å². The fourth-order valence-electron chi connectivity index (χ4n) is 3.03. The zero-order valence-corrected chi connectivity index (χ0v) is 12.8. The Morgan fingerprint density at radius 1 is 1.30 bits per heavy atom. The number of aryl methyl sites for hydroxylation is 1. The predicted molar refractivity (Wildman–Crippen MR) is 80.3 cm³/mol. The van der Waals surface area contributed by atoms with Crippen LogP contribution in [0.3, 0.4) is 0 Å². The van der Waals surface area contributed by atoms with Gasteiger partial charge in [0.1, 0.15) is 17.2 Å². The Balaban J connectivity index is 1.93. The Labute approximate surface area is 132 Å². The molecule has 3 rings (SSSR count). The summed E-state index contributed by atoms with van der Waals surface area (Å²) in [6.07, 6.45) is 2.47. The molecule has 23 heavy (non-hydrogen) atoms. The fourth-order valence-corrected chi connectivity index (χ4v) is 3.03. The van der Waals surface area contributed by atoms with Crippen molar-refractivity contribution in [3.05, 3.63) is 58.8 Å². The molecule has 0 N–H and O–H groups in total. The minimum absolute atomic E-state index is 0.0554. The van der Waals surface area contributed by atoms with E-state index in [-0.39, 0.29) is 23.3 Å². The van der Waals surface area contributed by atoms with E-state index in [1.165, 1.54) is 24.1 Å². The van der Waals surface area contributed by atoms with Gasteiger partial charge in [-0.1, -0.05) is 6.07 Å². The molecule has 2 aromatic rings. The molecule has 0 fully saturated rings. The largest absolute Gasteiger partial charge is 0.480 e. The molecule has 120 valence electrons. The maximum absolute atomic E-state index is 13.5. The molecule has 1 aliphatic carbocycles. The number of aromatic nitrogens is 1. The summed E-state index contributed by atoms with van der Waals surface area (Å²) in [7, 11) is 2.99. The minimum atomic E-state index is -0.611. The van der Waals surface area contributed by atoms with Crippen molar-refractivity contribution in [2.75, 3.05) is 14.2 Å². The summed E-state index contributed by atoms with van der Waals surface area (Å²) in [5.74, 6) is -1.28. The van der Waals surface area contributed by atoms with Crippen molar-refractivity contribution >= 4 is 5.91 Å². The molecule has 0 radical (unpaired) electrons. The van der Waals surface area contributed by atoms with E-state index >= 15 is 0 Å². The third-order valence-electron chi connectivity index (χ3n) is 4.18. The van der Waals surface area contributed by atoms with Crippen LogP contribution < -0.4 is 4.74 Å². The maximum Gasteiger partial charge on any atom is 0.259 e. The van der Waals surface area contributed by atoms with Crippen LogP contribution in [-0.2, 0) is 6.42 Å². The number of benzene rings is 1. The van der Waals surface area contributed by atoms with Crippen molar-refractivity contribution in [1.29, 1.82) is 0 Å². The SMILES string of the molecule is COc1ncc(F)cc1C(=O)N(C)C1CCc2ccc(F)cc21. The first-order chi connectivity index (χ1) is 11.0. The molecule has 1 aromatic carbocycles. The predicted octanol–water partition coefficient (Wildman–Crippen LogP) is 3.13. The van der Waals surface area contributed by atoms with E-state index in [1.807, 2.05) is 0 Å². The summed E-state index contributed by atoms with van der Waals surface area (Å²) in [6, 6.07) is 5.47. The summed E-state index contributed by atoms with van der Waals surface area (Å²) >= 11 is 0. The van der Waals surface area contributed by atoms with Crippen LogP contribution in [0, 0.1) is 11.6 Å². The fraction of sp³-hybridized carbons (Fsp3) is 0.294. The lowest BCUT2D eigenvalue weighted by atomic mass is 10.1. The van der Waals surface area contributed by atoms with Gasteiger partial charge in [0.25, 0.3) is 5.91 Å². The van der Waals surface area contributed by atoms with Gasteiger partial charge in [-0.3, -0.25) is 4.79 Å². The zero-order chi connectivity index (χ0) is 16.6. The molecule has 1 amide bonds. The molecule has 1 unspecified atom stereocenters. The first kappa shape index (κ1) is 15.4. The van der Waals surface area contributed by atoms with E-state index in [1.54, 1.807) is 13.1 Å². The number of rotatable bonds is 3. The van der Waals surface area contributed by atoms with Crippen LogP contribution in [0.1, 0.15) is 33.9 Å². The number of ether oxygens (including phenoxy) is 1. The van der Waals surface area contributed by atoms with Crippen molar-refractivity contribution in [1.82, 2.24) is 9.88 Å². The number of carbonyl (C=O) groups excluding carboxylic acids is 1. The van der Waals surface area contributed by atoms with Crippen LogP contribution in [0.25, 0.3) is 0 Å². The van der Waals surface area contributed by atoms with Gasteiger partial charge in [0, 0.05) is 7.05 Å². The maximum atomic E-state index is 13.5. The van der Waals surface area contributed by atoms with Gasteiger partial charge >= 0.3 is 0 Å². The van der Waals surface area contributed by atoms with Gasteiger partial charge in [-0.05, 0) is 42.2 Å². The summed E-state index contributed by atoms with van der Waals surface area (Å²) in [4.78, 5) is 18.0. The number of nitrogens with zero attached hydrogens (tertiary/aromatic N) is 2. The van der Waals surface area contributed by atoms with Crippen molar-refractivity contribution in [3.63, 3.8) is 0 Å². The number of pyridine rings is 1. The normalized spacial score (nSPS) is 16.1. The van der Waals surface area contributed by atoms with Crippen LogP contribution in [0.2, 0.25) is 0 Å². The van der Waals surface area contributed by atoms with Crippen molar-refractivity contribution in [3.8, 4) is 5.88 Å². The van der Waals surface area contributed by atoms with Crippen LogP contribution in [0.5, 0.6) is 5.88 Å². The highest BCUT2D eigenvalue weighted by atomic mass is 19.1. The zero-order valence-electron chi connectivity index (χ0n) is 12.8. The third-order valence-corrected chi connectivity index (χ3v) is 4.18. The van der Waals surface area contributed by atoms with Gasteiger partial charge in [0.15, 0.2) is 0 Å². The first-order valence-corrected chi connectivity index (χ1v) is 7.26. The monoisotopic (exact) mass is 318 g/mol. The molecule has 0 saturated carbocycles. The highest BCUT2D eigenvalue weighted by molar-refractivity contribution is 5.96. The lowest BCUT2D eigenvalue weighted by Crippen LogP contribution is -2.30. The summed E-state index contributed by atoms with van der Waals surface area (Å²) < 4.78 is 32.0. The lowest BCUT2D eigenvalue weighted by Gasteiger charge is -2.26. The highest BCUT2D eigenvalue weighted by Crippen LogP contribution is 2.36. The average molecular weight is 318 g/mol. The van der Waals surface area contributed by atoms with E-state index in [0.29, 0.717) is 6.42 Å². The Morgan fingerprint density at radius 2 is 2.09 bits per heavy atom. The van der Waals surface area contributed by atoms with Crippen LogP contribution in [-0.4, -0.2) is 29.9 Å². The van der Waals surface area contributed by atoms with Gasteiger partial charge in [-0.15, -0.1) is 0 Å². The van der Waals surface area contributed by atoms with Gasteiger partial charge in [0.05, 0.1) is 19.3 Å². The molecule has 0 aliphatic heterocycles. The topological polar surface area (TPSA) is 42.4 Å². The Morgan fingerprint density at radius 3 is 2.83 bits per heavy atom. The van der Waals surface area contributed by atoms with E-state index in [2.05, 4.69) is 4.98 Å². The number of fused-ring (bicyclic) bond motifs is 1. The quantitative estimate of drug-likeness (QED) is 0.873. The first-order valence-electron chi connectivity index (χ1n) is 7.26. The van der Waals surface area contributed by atoms with Crippen LogP contribution in [0.4, 0.5) is 8.78 Å². The average Bonchev–Trinajstić information content (AvgIpc) is 2.96. The lowest BCUT2D eigenvalue weighted by molar-refractivity contribution is 0.0725. The molecule has 1 aromatic heterocycles. The number of halogens is 2. The summed E-state index contributed by atoms with van der Waals surface area (Å²) in [6.45, 7) is 0. The molecule has 0 bridgehead atoms. The second-order valence-corrected chi connectivity index (χ2v) is 5.52. The van der Waals surface area contributed by atoms with E-state index in [0.717, 1.165) is 29.8 Å². The van der Waals surface area contributed by atoms with Crippen molar-refractivity contribution in [2.24, 2.45) is 0 Å². The number of hydrogen-bond donors (Lipinski definition) is 0. The second-order valence-electron chi connectivity index (χ2n) is 5.52. The van der Waals surface area contributed by atoms with Gasteiger partial charge in [-0.2, -0.15) is 0 Å². The molecule has 0 saturated heterocycles. The number of amides is 1. The number of hydrogen-bond acceptors (Lipinski definition) is 3. The van der Waals surface area contributed by atoms with Crippen molar-refractivity contribution in [2.45, 2.75) is 18.9 Å². The Kier molecular flexibility index (Phi) is 3.98. The smallest absolute Gasteiger partial charge is 0.259 e. The standard InChI is InChI=1S/C17H16F2N2O2/c1-21(15-6-4-10-3-5-11(18)7-13(10)15)17(22)14-8-12(19)9-20-16(14)23-2/h3,5,7-9,15H,4,6H2,1-2H3. The molecule has 1 heterocycles. The summed E-state index contributed by atoms with van der Waals surface area (Å²) in [5.41, 5.74) is 1.88. The number of methoxy groups -OCH3 is 1. The van der Waals surface area contributed by atoms with E-state index in [4.69, 9.17) is 4.74 Å². The van der Waals surface area contributed by atoms with E-state index in [9.17, 15) is 13.6 Å². The van der Waals surface area contributed by atoms with Gasteiger partial charge in [0.2, 0.25) is 5.88 Å². The minimum Gasteiger partial charge on any atom is -0.480 e. The Bertz CT molecular complexity index is 764. The Hall–Kier alpha value is -2.50. The number of carbonyl (C=O) groups is 1. The van der Waals surface area contributed by atoms with E-state index < -0.39 is 11.7 Å².